The van der Waals surface area contributed by atoms with E-state index in [1.807, 2.05) is 24.3 Å². The predicted molar refractivity (Wildman–Crippen MR) is 244 cm³/mol. The molecule has 282 valence electrons. The number of rotatable bonds is 5. The van der Waals surface area contributed by atoms with Gasteiger partial charge in [0.1, 0.15) is 22.3 Å². The number of nitrogens with zero attached hydrogens (tertiary/aromatic N) is 4. The quantitative estimate of drug-likeness (QED) is 0.162. The largest absolute Gasteiger partial charge is 0.456 e. The molecule has 0 atom stereocenters. The Kier molecular flexibility index (Phi) is 7.56. The molecule has 6 heteroatoms. The third kappa shape index (κ3) is 5.42. The molecule has 0 spiro atoms. The van der Waals surface area contributed by atoms with Gasteiger partial charge in [0.25, 0.3) is 0 Å². The van der Waals surface area contributed by atoms with Crippen molar-refractivity contribution < 1.29 is 8.83 Å². The molecule has 0 unspecified atom stereocenters. The van der Waals surface area contributed by atoms with Crippen molar-refractivity contribution in [2.24, 2.45) is 0 Å². The van der Waals surface area contributed by atoms with Gasteiger partial charge in [0.05, 0.1) is 11.2 Å². The first-order valence-corrected chi connectivity index (χ1v) is 20.1. The molecular formula is C54H34N4O2. The van der Waals surface area contributed by atoms with Crippen molar-refractivity contribution >= 4 is 65.6 Å². The molecule has 0 aliphatic carbocycles. The van der Waals surface area contributed by atoms with Gasteiger partial charge in [0.15, 0.2) is 17.5 Å². The van der Waals surface area contributed by atoms with Crippen molar-refractivity contribution in [2.75, 3.05) is 0 Å². The first kappa shape index (κ1) is 34.1. The fourth-order valence-corrected chi connectivity index (χ4v) is 8.70. The Bertz CT molecular complexity index is 3590. The fraction of sp³-hybridized carbons (Fsp3) is 0.0370. The van der Waals surface area contributed by atoms with E-state index in [1.165, 1.54) is 11.1 Å². The molecule has 0 aliphatic rings. The Morgan fingerprint density at radius 1 is 0.367 bits per heavy atom. The van der Waals surface area contributed by atoms with Crippen LogP contribution in [0, 0.1) is 13.8 Å². The van der Waals surface area contributed by atoms with Crippen LogP contribution in [0.25, 0.3) is 122 Å². The molecule has 4 aromatic heterocycles. The number of aryl methyl sites for hydroxylation is 2. The van der Waals surface area contributed by atoms with Gasteiger partial charge in [-0.1, -0.05) is 157 Å². The summed E-state index contributed by atoms with van der Waals surface area (Å²) >= 11 is 0. The maximum atomic E-state index is 6.73. The van der Waals surface area contributed by atoms with Gasteiger partial charge in [-0.25, -0.2) is 19.9 Å². The van der Waals surface area contributed by atoms with Crippen LogP contribution in [0.2, 0.25) is 0 Å². The van der Waals surface area contributed by atoms with Crippen molar-refractivity contribution in [1.29, 1.82) is 0 Å². The lowest BCUT2D eigenvalue weighted by Gasteiger charge is -2.16. The highest BCUT2D eigenvalue weighted by Crippen LogP contribution is 2.48. The zero-order valence-corrected chi connectivity index (χ0v) is 32.8. The minimum absolute atomic E-state index is 0.601. The molecule has 12 rings (SSSR count). The lowest BCUT2D eigenvalue weighted by atomic mass is 9.89. The third-order valence-electron chi connectivity index (χ3n) is 11.7. The summed E-state index contributed by atoms with van der Waals surface area (Å²) in [6.45, 7) is 4.16. The second-order valence-corrected chi connectivity index (χ2v) is 15.5. The van der Waals surface area contributed by atoms with E-state index < -0.39 is 0 Å². The molecule has 12 aromatic rings. The molecule has 0 amide bonds. The zero-order valence-electron chi connectivity index (χ0n) is 32.8. The summed E-state index contributed by atoms with van der Waals surface area (Å²) in [6, 6.07) is 58.6. The molecular weight excluding hydrogens is 737 g/mol. The monoisotopic (exact) mass is 770 g/mol. The van der Waals surface area contributed by atoms with Gasteiger partial charge in [0.2, 0.25) is 0 Å². The summed E-state index contributed by atoms with van der Waals surface area (Å²) in [5, 5.41) is 7.40. The standard InChI is InChI=1S/C54H34N4O2/c1-31-18-22-34(23-19-31)52-56-53(35-24-20-32(2)21-25-35)58-54(57-52)36-28-26-33(27-29-36)50-42-30-46-48(40-12-5-8-17-45(40)59-46)49(47(42)39-11-3-6-15-43(39)55-50)41-14-9-13-38-37-10-4-7-16-44(37)60-51(38)41/h3-30H,1-2H3. The van der Waals surface area contributed by atoms with E-state index in [0.29, 0.717) is 17.5 Å². The van der Waals surface area contributed by atoms with E-state index >= 15 is 0 Å². The lowest BCUT2D eigenvalue weighted by molar-refractivity contribution is 0.669. The average Bonchev–Trinajstić information content (AvgIpc) is 3.87. The van der Waals surface area contributed by atoms with E-state index in [0.717, 1.165) is 105 Å². The summed E-state index contributed by atoms with van der Waals surface area (Å²) in [5.74, 6) is 1.86. The molecule has 0 fully saturated rings. The first-order chi connectivity index (χ1) is 29.5. The Hall–Kier alpha value is -7.96. The second kappa shape index (κ2) is 13.3. The average molecular weight is 771 g/mol. The third-order valence-corrected chi connectivity index (χ3v) is 11.7. The maximum Gasteiger partial charge on any atom is 0.164 e. The highest BCUT2D eigenvalue weighted by molar-refractivity contribution is 6.29. The van der Waals surface area contributed by atoms with E-state index in [-0.39, 0.29) is 0 Å². The maximum absolute atomic E-state index is 6.73. The van der Waals surface area contributed by atoms with Crippen molar-refractivity contribution in [1.82, 2.24) is 19.9 Å². The molecule has 0 aliphatic heterocycles. The number of para-hydroxylation sites is 4. The lowest BCUT2D eigenvalue weighted by Crippen LogP contribution is -2.00. The highest BCUT2D eigenvalue weighted by Gasteiger charge is 2.24. The molecule has 60 heavy (non-hydrogen) atoms. The van der Waals surface area contributed by atoms with E-state index in [9.17, 15) is 0 Å². The van der Waals surface area contributed by atoms with Crippen LogP contribution in [0.5, 0.6) is 0 Å². The molecule has 0 radical (unpaired) electrons. The number of benzene rings is 8. The topological polar surface area (TPSA) is 77.8 Å². The summed E-state index contributed by atoms with van der Waals surface area (Å²) in [5.41, 5.74) is 13.2. The van der Waals surface area contributed by atoms with Crippen LogP contribution in [0.15, 0.2) is 179 Å². The Morgan fingerprint density at radius 3 is 1.53 bits per heavy atom. The van der Waals surface area contributed by atoms with Crippen LogP contribution >= 0.6 is 0 Å². The highest BCUT2D eigenvalue weighted by atomic mass is 16.3. The van der Waals surface area contributed by atoms with Crippen molar-refractivity contribution in [3.05, 3.63) is 181 Å². The van der Waals surface area contributed by atoms with Gasteiger partial charge >= 0.3 is 0 Å². The molecule has 0 N–H and O–H groups in total. The van der Waals surface area contributed by atoms with E-state index in [4.69, 9.17) is 28.8 Å². The number of aromatic nitrogens is 4. The molecule has 6 nitrogen and oxygen atoms in total. The number of hydrogen-bond donors (Lipinski definition) is 0. The summed E-state index contributed by atoms with van der Waals surface area (Å²) < 4.78 is 13.4. The number of fused-ring (bicyclic) bond motifs is 9. The molecule has 8 aromatic carbocycles. The van der Waals surface area contributed by atoms with Gasteiger partial charge in [-0.15, -0.1) is 0 Å². The van der Waals surface area contributed by atoms with Gasteiger partial charge in [0, 0.05) is 71.1 Å². The van der Waals surface area contributed by atoms with Gasteiger partial charge in [-0.05, 0) is 38.1 Å². The van der Waals surface area contributed by atoms with Crippen LogP contribution in [-0.2, 0) is 0 Å². The Morgan fingerprint density at radius 2 is 0.883 bits per heavy atom. The normalized spacial score (nSPS) is 11.8. The van der Waals surface area contributed by atoms with Crippen LogP contribution < -0.4 is 0 Å². The SMILES string of the molecule is Cc1ccc(-c2nc(-c3ccc(C)cc3)nc(-c3ccc(-c4nc5ccccc5c5c(-c6cccc7c6oc6ccccc67)c6c(cc45)oc4ccccc46)cc3)n2)cc1. The van der Waals surface area contributed by atoms with Crippen LogP contribution in [0.1, 0.15) is 11.1 Å². The smallest absolute Gasteiger partial charge is 0.164 e. The van der Waals surface area contributed by atoms with Crippen molar-refractivity contribution in [2.45, 2.75) is 13.8 Å². The number of hydrogen-bond acceptors (Lipinski definition) is 6. The fourth-order valence-electron chi connectivity index (χ4n) is 8.70. The molecule has 0 saturated carbocycles. The van der Waals surface area contributed by atoms with E-state index in [1.54, 1.807) is 0 Å². The zero-order chi connectivity index (χ0) is 39.9. The predicted octanol–water partition coefficient (Wildman–Crippen LogP) is 14.3. The summed E-state index contributed by atoms with van der Waals surface area (Å²) in [7, 11) is 0. The van der Waals surface area contributed by atoms with Crippen molar-refractivity contribution in [3.63, 3.8) is 0 Å². The van der Waals surface area contributed by atoms with Crippen LogP contribution in [0.4, 0.5) is 0 Å². The van der Waals surface area contributed by atoms with Crippen molar-refractivity contribution in [3.8, 4) is 56.5 Å². The van der Waals surface area contributed by atoms with Crippen LogP contribution in [-0.4, -0.2) is 19.9 Å². The number of pyridine rings is 1. The Labute approximate surface area is 344 Å². The molecule has 4 heterocycles. The Balaban J connectivity index is 1.10. The second-order valence-electron chi connectivity index (χ2n) is 15.5. The first-order valence-electron chi connectivity index (χ1n) is 20.1. The molecule has 0 bridgehead atoms. The minimum atomic E-state index is 0.601. The van der Waals surface area contributed by atoms with Crippen LogP contribution in [0.3, 0.4) is 0 Å². The summed E-state index contributed by atoms with van der Waals surface area (Å²) in [6.07, 6.45) is 0. The van der Waals surface area contributed by atoms with Gasteiger partial charge in [-0.3, -0.25) is 0 Å². The summed E-state index contributed by atoms with van der Waals surface area (Å²) in [4.78, 5) is 20.4. The van der Waals surface area contributed by atoms with E-state index in [2.05, 4.69) is 159 Å². The minimum Gasteiger partial charge on any atom is -0.456 e. The van der Waals surface area contributed by atoms with Gasteiger partial charge < -0.3 is 8.83 Å². The molecule has 0 saturated heterocycles. The van der Waals surface area contributed by atoms with Gasteiger partial charge in [-0.2, -0.15) is 0 Å². The number of furan rings is 2.